The second kappa shape index (κ2) is 9.25. The van der Waals surface area contributed by atoms with Crippen LogP contribution in [-0.2, 0) is 4.79 Å². The van der Waals surface area contributed by atoms with E-state index >= 15 is 0 Å². The Hall–Kier alpha value is -1.11. The smallest absolute Gasteiger partial charge is 0.220 e. The number of rotatable bonds is 7. The number of halogens is 1. The molecule has 0 radical (unpaired) electrons. The van der Waals surface area contributed by atoms with Crippen molar-refractivity contribution < 1.29 is 9.18 Å². The molecule has 1 aromatic rings. The van der Waals surface area contributed by atoms with E-state index < -0.39 is 0 Å². The van der Waals surface area contributed by atoms with Crippen LogP contribution in [0.15, 0.2) is 29.2 Å². The van der Waals surface area contributed by atoms with Crippen molar-refractivity contribution in [1.29, 1.82) is 0 Å². The molecule has 128 valence electrons. The van der Waals surface area contributed by atoms with Crippen molar-refractivity contribution in [3.8, 4) is 0 Å². The number of likely N-dealkylation sites (N-methyl/N-ethyl adjacent to an activating group) is 1. The highest BCUT2D eigenvalue weighted by atomic mass is 32.2. The van der Waals surface area contributed by atoms with Crippen LogP contribution in [0.4, 0.5) is 4.39 Å². The van der Waals surface area contributed by atoms with Crippen molar-refractivity contribution in [2.45, 2.75) is 24.3 Å². The standard InChI is InChI=1S/C17H26FN3OS/c1-14(21-10-8-20(2)9-11-21)13-19-17(22)7-12-23-16-5-3-15(18)4-6-16/h3-6,14H,7-13H2,1-2H3,(H,19,22)/t14-/m1/s1. The zero-order valence-corrected chi connectivity index (χ0v) is 14.7. The van der Waals surface area contributed by atoms with Gasteiger partial charge in [-0.25, -0.2) is 4.39 Å². The van der Waals surface area contributed by atoms with Crippen LogP contribution in [0, 0.1) is 5.82 Å². The lowest BCUT2D eigenvalue weighted by molar-refractivity contribution is -0.120. The van der Waals surface area contributed by atoms with Crippen molar-refractivity contribution in [3.63, 3.8) is 0 Å². The van der Waals surface area contributed by atoms with E-state index in [0.29, 0.717) is 24.8 Å². The van der Waals surface area contributed by atoms with Gasteiger partial charge in [-0.1, -0.05) is 0 Å². The fourth-order valence-electron chi connectivity index (χ4n) is 2.53. The van der Waals surface area contributed by atoms with Crippen LogP contribution in [0.5, 0.6) is 0 Å². The molecule has 23 heavy (non-hydrogen) atoms. The van der Waals surface area contributed by atoms with E-state index in [1.807, 2.05) is 0 Å². The largest absolute Gasteiger partial charge is 0.355 e. The van der Waals surface area contributed by atoms with E-state index in [0.717, 1.165) is 31.1 Å². The van der Waals surface area contributed by atoms with Crippen LogP contribution in [0.25, 0.3) is 0 Å². The molecule has 0 unspecified atom stereocenters. The van der Waals surface area contributed by atoms with Gasteiger partial charge in [0.05, 0.1) is 0 Å². The minimum absolute atomic E-state index is 0.0839. The van der Waals surface area contributed by atoms with Crippen molar-refractivity contribution in [1.82, 2.24) is 15.1 Å². The number of piperazine rings is 1. The lowest BCUT2D eigenvalue weighted by Crippen LogP contribution is -2.51. The van der Waals surface area contributed by atoms with Gasteiger partial charge >= 0.3 is 0 Å². The molecular formula is C17H26FN3OS. The minimum atomic E-state index is -0.231. The van der Waals surface area contributed by atoms with Crippen LogP contribution < -0.4 is 5.32 Å². The Balaban J connectivity index is 1.60. The first-order chi connectivity index (χ1) is 11.0. The van der Waals surface area contributed by atoms with Crippen LogP contribution in [-0.4, -0.2) is 67.3 Å². The Morgan fingerprint density at radius 2 is 1.91 bits per heavy atom. The number of hydrogen-bond donors (Lipinski definition) is 1. The van der Waals surface area contributed by atoms with Crippen molar-refractivity contribution in [2.24, 2.45) is 0 Å². The molecule has 0 saturated carbocycles. The van der Waals surface area contributed by atoms with Crippen molar-refractivity contribution >= 4 is 17.7 Å². The van der Waals surface area contributed by atoms with Gasteiger partial charge in [-0.15, -0.1) is 11.8 Å². The normalized spacial score (nSPS) is 17.9. The monoisotopic (exact) mass is 339 g/mol. The summed E-state index contributed by atoms with van der Waals surface area (Å²) in [4.78, 5) is 17.7. The van der Waals surface area contributed by atoms with Gasteiger partial charge in [-0.3, -0.25) is 9.69 Å². The summed E-state index contributed by atoms with van der Waals surface area (Å²) in [5.74, 6) is 0.561. The molecule has 2 rings (SSSR count). The molecule has 1 aliphatic rings. The Bertz CT molecular complexity index is 489. The lowest BCUT2D eigenvalue weighted by atomic mass is 10.2. The third kappa shape index (κ3) is 6.49. The van der Waals surface area contributed by atoms with E-state index in [4.69, 9.17) is 0 Å². The summed E-state index contributed by atoms with van der Waals surface area (Å²) in [6.45, 7) is 7.17. The van der Waals surface area contributed by atoms with Gasteiger partial charge in [0.1, 0.15) is 5.82 Å². The highest BCUT2D eigenvalue weighted by Gasteiger charge is 2.19. The maximum atomic E-state index is 12.8. The second-order valence-electron chi connectivity index (χ2n) is 6.04. The third-order valence-electron chi connectivity index (χ3n) is 4.17. The maximum Gasteiger partial charge on any atom is 0.220 e. The molecule has 1 heterocycles. The molecule has 0 aromatic heterocycles. The highest BCUT2D eigenvalue weighted by molar-refractivity contribution is 7.99. The Morgan fingerprint density at radius 3 is 2.57 bits per heavy atom. The van der Waals surface area contributed by atoms with Crippen molar-refractivity contribution in [3.05, 3.63) is 30.1 Å². The fraction of sp³-hybridized carbons (Fsp3) is 0.588. The molecular weight excluding hydrogens is 313 g/mol. The van der Waals surface area contributed by atoms with Gasteiger partial charge in [-0.05, 0) is 38.2 Å². The van der Waals surface area contributed by atoms with Gasteiger partial charge in [0, 0.05) is 55.8 Å². The number of hydrogen-bond acceptors (Lipinski definition) is 4. The molecule has 1 amide bonds. The molecule has 1 aromatic carbocycles. The van der Waals surface area contributed by atoms with Gasteiger partial charge < -0.3 is 10.2 Å². The first-order valence-corrected chi connectivity index (χ1v) is 9.11. The first kappa shape index (κ1) is 18.2. The summed E-state index contributed by atoms with van der Waals surface area (Å²) < 4.78 is 12.8. The maximum absolute atomic E-state index is 12.8. The molecule has 1 atom stereocenters. The van der Waals surface area contributed by atoms with E-state index in [-0.39, 0.29) is 11.7 Å². The average Bonchev–Trinajstić information content (AvgIpc) is 2.55. The van der Waals surface area contributed by atoms with Gasteiger partial charge in [0.2, 0.25) is 5.91 Å². The van der Waals surface area contributed by atoms with E-state index in [2.05, 4.69) is 29.1 Å². The number of nitrogens with one attached hydrogen (secondary N) is 1. The zero-order valence-electron chi connectivity index (χ0n) is 13.9. The topological polar surface area (TPSA) is 35.6 Å². The summed E-state index contributed by atoms with van der Waals surface area (Å²) in [6, 6.07) is 6.75. The summed E-state index contributed by atoms with van der Waals surface area (Å²) >= 11 is 1.58. The molecule has 6 heteroatoms. The van der Waals surface area contributed by atoms with E-state index in [1.165, 1.54) is 12.1 Å². The molecule has 0 bridgehead atoms. The Morgan fingerprint density at radius 1 is 1.26 bits per heavy atom. The summed E-state index contributed by atoms with van der Waals surface area (Å²) in [7, 11) is 2.14. The SMILES string of the molecule is C[C@H](CNC(=O)CCSc1ccc(F)cc1)N1CCN(C)CC1. The molecule has 0 spiro atoms. The Labute approximate surface area is 142 Å². The number of carbonyl (C=O) groups is 1. The number of carbonyl (C=O) groups excluding carboxylic acids is 1. The predicted octanol–water partition coefficient (Wildman–Crippen LogP) is 2.06. The third-order valence-corrected chi connectivity index (χ3v) is 5.18. The molecule has 4 nitrogen and oxygen atoms in total. The number of thioether (sulfide) groups is 1. The average molecular weight is 339 g/mol. The summed E-state index contributed by atoms with van der Waals surface area (Å²) in [5.41, 5.74) is 0. The molecule has 1 fully saturated rings. The number of amides is 1. The lowest BCUT2D eigenvalue weighted by Gasteiger charge is -2.36. The van der Waals surface area contributed by atoms with E-state index in [1.54, 1.807) is 23.9 Å². The fourth-order valence-corrected chi connectivity index (χ4v) is 3.39. The van der Waals surface area contributed by atoms with Crippen molar-refractivity contribution in [2.75, 3.05) is 45.5 Å². The molecule has 1 saturated heterocycles. The molecule has 0 aliphatic carbocycles. The van der Waals surface area contributed by atoms with Gasteiger partial charge in [0.15, 0.2) is 0 Å². The second-order valence-corrected chi connectivity index (χ2v) is 7.21. The zero-order chi connectivity index (χ0) is 16.7. The summed E-state index contributed by atoms with van der Waals surface area (Å²) in [6.07, 6.45) is 0.484. The predicted molar refractivity (Wildman–Crippen MR) is 93.3 cm³/mol. The number of nitrogens with zero attached hydrogens (tertiary/aromatic N) is 2. The van der Waals surface area contributed by atoms with Crippen LogP contribution >= 0.6 is 11.8 Å². The van der Waals surface area contributed by atoms with Gasteiger partial charge in [-0.2, -0.15) is 0 Å². The molecule has 1 N–H and O–H groups in total. The summed E-state index contributed by atoms with van der Waals surface area (Å²) in [5, 5.41) is 3.02. The Kier molecular flexibility index (Phi) is 7.33. The number of benzene rings is 1. The highest BCUT2D eigenvalue weighted by Crippen LogP contribution is 2.18. The van der Waals surface area contributed by atoms with Crippen LogP contribution in [0.3, 0.4) is 0 Å². The molecule has 1 aliphatic heterocycles. The van der Waals surface area contributed by atoms with Crippen LogP contribution in [0.2, 0.25) is 0 Å². The van der Waals surface area contributed by atoms with E-state index in [9.17, 15) is 9.18 Å². The quantitative estimate of drug-likeness (QED) is 0.772. The van der Waals surface area contributed by atoms with Gasteiger partial charge in [0.25, 0.3) is 0 Å². The minimum Gasteiger partial charge on any atom is -0.355 e. The van der Waals surface area contributed by atoms with Crippen LogP contribution in [0.1, 0.15) is 13.3 Å². The first-order valence-electron chi connectivity index (χ1n) is 8.12.